The Hall–Kier alpha value is -2.08. The molecule has 6 nitrogen and oxygen atoms in total. The molecule has 1 aromatic carbocycles. The molecule has 0 aromatic heterocycles. The lowest BCUT2D eigenvalue weighted by Crippen LogP contribution is -2.51. The van der Waals surface area contributed by atoms with Gasteiger partial charge in [0.25, 0.3) is 0 Å². The minimum atomic E-state index is -1.05. The Labute approximate surface area is 123 Å². The number of aliphatic hydroxyl groups excluding tert-OH is 1. The molecule has 1 saturated heterocycles. The second-order valence-corrected chi connectivity index (χ2v) is 5.25. The van der Waals surface area contributed by atoms with E-state index >= 15 is 0 Å². The number of aliphatic hydroxyl groups is 1. The van der Waals surface area contributed by atoms with E-state index in [0.717, 1.165) is 5.56 Å². The zero-order valence-corrected chi connectivity index (χ0v) is 11.7. The molecular weight excluding hydrogens is 272 g/mol. The van der Waals surface area contributed by atoms with Crippen molar-refractivity contribution in [1.82, 2.24) is 10.2 Å². The molecule has 1 atom stereocenters. The van der Waals surface area contributed by atoms with Crippen LogP contribution in [-0.4, -0.2) is 52.3 Å². The van der Waals surface area contributed by atoms with Gasteiger partial charge < -0.3 is 20.4 Å². The van der Waals surface area contributed by atoms with E-state index in [4.69, 9.17) is 0 Å². The highest BCUT2D eigenvalue weighted by molar-refractivity contribution is 5.82. The van der Waals surface area contributed by atoms with Gasteiger partial charge in [-0.25, -0.2) is 9.59 Å². The van der Waals surface area contributed by atoms with Crippen molar-refractivity contribution in [1.29, 1.82) is 0 Å². The van der Waals surface area contributed by atoms with Gasteiger partial charge in [0.2, 0.25) is 0 Å². The lowest BCUT2D eigenvalue weighted by atomic mass is 10.1. The lowest BCUT2D eigenvalue weighted by Gasteiger charge is -2.30. The average Bonchev–Trinajstić information content (AvgIpc) is 2.48. The maximum absolute atomic E-state index is 12.1. The van der Waals surface area contributed by atoms with Crippen LogP contribution in [0.5, 0.6) is 0 Å². The SMILES string of the molecule is O=C(O)[C@@H](Cc1ccccc1)NC(=O)N1CCC(O)CC1. The van der Waals surface area contributed by atoms with Gasteiger partial charge in [0.15, 0.2) is 0 Å². The number of carbonyl (C=O) groups excluding carboxylic acids is 1. The first-order valence-corrected chi connectivity index (χ1v) is 7.06. The van der Waals surface area contributed by atoms with Crippen molar-refractivity contribution in [2.75, 3.05) is 13.1 Å². The molecule has 0 aliphatic carbocycles. The number of nitrogens with zero attached hydrogens (tertiary/aromatic N) is 1. The largest absolute Gasteiger partial charge is 0.480 e. The minimum Gasteiger partial charge on any atom is -0.480 e. The third-order valence-corrected chi connectivity index (χ3v) is 3.63. The molecule has 0 bridgehead atoms. The number of nitrogens with one attached hydrogen (secondary N) is 1. The Bertz CT molecular complexity index is 484. The zero-order chi connectivity index (χ0) is 15.2. The van der Waals surface area contributed by atoms with Crippen LogP contribution in [0.15, 0.2) is 30.3 Å². The van der Waals surface area contributed by atoms with Gasteiger partial charge >= 0.3 is 12.0 Å². The number of urea groups is 1. The molecule has 1 aliphatic rings. The highest BCUT2D eigenvalue weighted by atomic mass is 16.4. The highest BCUT2D eigenvalue weighted by Gasteiger charge is 2.26. The number of carboxylic acid groups (broad SMARTS) is 1. The van der Waals surface area contributed by atoms with Crippen molar-refractivity contribution in [2.24, 2.45) is 0 Å². The number of carboxylic acids is 1. The summed E-state index contributed by atoms with van der Waals surface area (Å²) in [6.45, 7) is 0.898. The quantitative estimate of drug-likeness (QED) is 0.767. The number of carbonyl (C=O) groups is 2. The topological polar surface area (TPSA) is 89.9 Å². The van der Waals surface area contributed by atoms with Gasteiger partial charge in [-0.3, -0.25) is 0 Å². The molecule has 0 saturated carbocycles. The first-order valence-electron chi connectivity index (χ1n) is 7.06. The number of amides is 2. The van der Waals surface area contributed by atoms with Gasteiger partial charge in [-0.05, 0) is 18.4 Å². The lowest BCUT2D eigenvalue weighted by molar-refractivity contribution is -0.139. The summed E-state index contributed by atoms with van der Waals surface area (Å²) in [6.07, 6.45) is 0.945. The Balaban J connectivity index is 1.93. The third kappa shape index (κ3) is 4.46. The molecule has 0 radical (unpaired) electrons. The van der Waals surface area contributed by atoms with E-state index in [2.05, 4.69) is 5.32 Å². The Morgan fingerprint density at radius 2 is 1.86 bits per heavy atom. The van der Waals surface area contributed by atoms with Gasteiger partial charge in [-0.2, -0.15) is 0 Å². The highest BCUT2D eigenvalue weighted by Crippen LogP contribution is 2.10. The van der Waals surface area contributed by atoms with Crippen LogP contribution in [-0.2, 0) is 11.2 Å². The van der Waals surface area contributed by atoms with E-state index in [1.54, 1.807) is 4.90 Å². The number of hydrogen-bond donors (Lipinski definition) is 3. The van der Waals surface area contributed by atoms with E-state index in [0.29, 0.717) is 25.9 Å². The van der Waals surface area contributed by atoms with Gasteiger partial charge in [0, 0.05) is 19.5 Å². The fourth-order valence-electron chi connectivity index (χ4n) is 2.36. The Morgan fingerprint density at radius 3 is 2.43 bits per heavy atom. The second-order valence-electron chi connectivity index (χ2n) is 5.25. The van der Waals surface area contributed by atoms with E-state index in [1.807, 2.05) is 30.3 Å². The third-order valence-electron chi connectivity index (χ3n) is 3.63. The van der Waals surface area contributed by atoms with Crippen LogP contribution in [0.3, 0.4) is 0 Å². The molecule has 21 heavy (non-hydrogen) atoms. The van der Waals surface area contributed by atoms with Crippen molar-refractivity contribution in [3.8, 4) is 0 Å². The standard InChI is InChI=1S/C15H20N2O4/c18-12-6-8-17(9-7-12)15(21)16-13(14(19)20)10-11-4-2-1-3-5-11/h1-5,12-13,18H,6-10H2,(H,16,21)(H,19,20)/t13-/m1/s1. The van der Waals surface area contributed by atoms with Crippen LogP contribution in [0.25, 0.3) is 0 Å². The maximum Gasteiger partial charge on any atom is 0.326 e. The zero-order valence-electron chi connectivity index (χ0n) is 11.7. The second kappa shape index (κ2) is 7.08. The summed E-state index contributed by atoms with van der Waals surface area (Å²) in [5.41, 5.74) is 0.860. The van der Waals surface area contributed by atoms with E-state index < -0.39 is 12.0 Å². The van der Waals surface area contributed by atoms with Crippen molar-refractivity contribution < 1.29 is 19.8 Å². The van der Waals surface area contributed by atoms with E-state index in [1.165, 1.54) is 0 Å². The molecule has 2 amide bonds. The van der Waals surface area contributed by atoms with Crippen LogP contribution < -0.4 is 5.32 Å². The van der Waals surface area contributed by atoms with Crippen molar-refractivity contribution in [3.63, 3.8) is 0 Å². The van der Waals surface area contributed by atoms with Crippen molar-refractivity contribution in [3.05, 3.63) is 35.9 Å². The molecule has 114 valence electrons. The summed E-state index contributed by atoms with van der Waals surface area (Å²) in [6, 6.07) is 7.86. The Morgan fingerprint density at radius 1 is 1.24 bits per heavy atom. The first kappa shape index (κ1) is 15.3. The normalized spacial score (nSPS) is 17.3. The molecule has 1 fully saturated rings. The van der Waals surface area contributed by atoms with Crippen LogP contribution >= 0.6 is 0 Å². The van der Waals surface area contributed by atoms with Crippen LogP contribution in [0.1, 0.15) is 18.4 Å². The average molecular weight is 292 g/mol. The van der Waals surface area contributed by atoms with E-state index in [9.17, 15) is 19.8 Å². The van der Waals surface area contributed by atoms with Crippen LogP contribution in [0.2, 0.25) is 0 Å². The monoisotopic (exact) mass is 292 g/mol. The fourth-order valence-corrected chi connectivity index (χ4v) is 2.36. The number of hydrogen-bond acceptors (Lipinski definition) is 3. The molecule has 1 aromatic rings. The number of rotatable bonds is 4. The smallest absolute Gasteiger partial charge is 0.326 e. The van der Waals surface area contributed by atoms with Gasteiger partial charge in [0.05, 0.1) is 6.10 Å². The predicted octanol–water partition coefficient (Wildman–Crippen LogP) is 0.849. The molecule has 3 N–H and O–H groups in total. The number of aliphatic carboxylic acids is 1. The van der Waals surface area contributed by atoms with Crippen molar-refractivity contribution in [2.45, 2.75) is 31.4 Å². The number of piperidine rings is 1. The molecule has 0 spiro atoms. The van der Waals surface area contributed by atoms with Gasteiger partial charge in [-0.15, -0.1) is 0 Å². The fraction of sp³-hybridized carbons (Fsp3) is 0.467. The molecule has 0 unspecified atom stereocenters. The Kier molecular flexibility index (Phi) is 5.16. The van der Waals surface area contributed by atoms with Crippen LogP contribution in [0.4, 0.5) is 4.79 Å². The predicted molar refractivity (Wildman–Crippen MR) is 76.9 cm³/mol. The van der Waals surface area contributed by atoms with E-state index in [-0.39, 0.29) is 18.6 Å². The summed E-state index contributed by atoms with van der Waals surface area (Å²) in [5.74, 6) is -1.05. The summed E-state index contributed by atoms with van der Waals surface area (Å²) in [4.78, 5) is 24.9. The van der Waals surface area contributed by atoms with Crippen LogP contribution in [0, 0.1) is 0 Å². The maximum atomic E-state index is 12.1. The number of likely N-dealkylation sites (tertiary alicyclic amines) is 1. The van der Waals surface area contributed by atoms with Gasteiger partial charge in [0.1, 0.15) is 6.04 Å². The summed E-state index contributed by atoms with van der Waals surface area (Å²) in [7, 11) is 0. The molecule has 1 aliphatic heterocycles. The molecular formula is C15H20N2O4. The van der Waals surface area contributed by atoms with Crippen molar-refractivity contribution >= 4 is 12.0 Å². The molecule has 6 heteroatoms. The summed E-state index contributed by atoms with van der Waals surface area (Å²) in [5, 5.41) is 21.2. The minimum absolute atomic E-state index is 0.248. The van der Waals surface area contributed by atoms with Gasteiger partial charge in [-0.1, -0.05) is 30.3 Å². The molecule has 2 rings (SSSR count). The summed E-state index contributed by atoms with van der Waals surface area (Å²) >= 11 is 0. The first-order chi connectivity index (χ1) is 10.1. The molecule has 1 heterocycles. The number of benzene rings is 1. The summed E-state index contributed by atoms with van der Waals surface area (Å²) < 4.78 is 0.